The lowest BCUT2D eigenvalue weighted by molar-refractivity contribution is 0.120. The van der Waals surface area contributed by atoms with Crippen LogP contribution in [0.3, 0.4) is 0 Å². The van der Waals surface area contributed by atoms with Gasteiger partial charge in [-0.25, -0.2) is 8.42 Å². The summed E-state index contributed by atoms with van der Waals surface area (Å²) in [5, 5.41) is 10.3. The van der Waals surface area contributed by atoms with Gasteiger partial charge in [0.15, 0.2) is 9.84 Å². The van der Waals surface area contributed by atoms with Crippen molar-refractivity contribution in [3.05, 3.63) is 29.8 Å². The van der Waals surface area contributed by atoms with Crippen LogP contribution in [0.4, 0.5) is 0 Å². The second kappa shape index (κ2) is 5.92. The Labute approximate surface area is 114 Å². The van der Waals surface area contributed by atoms with Gasteiger partial charge in [-0.1, -0.05) is 19.1 Å². The predicted octanol–water partition coefficient (Wildman–Crippen LogP) is 1.94. The van der Waals surface area contributed by atoms with Gasteiger partial charge in [0.05, 0.1) is 24.2 Å². The number of hydrogen-bond acceptors (Lipinski definition) is 4. The Morgan fingerprint density at radius 2 is 2.26 bits per heavy atom. The van der Waals surface area contributed by atoms with E-state index in [1.54, 1.807) is 6.07 Å². The molecule has 0 aromatic heterocycles. The van der Waals surface area contributed by atoms with E-state index >= 15 is 0 Å². The molecule has 1 aromatic rings. The molecule has 2 atom stereocenters. The zero-order valence-corrected chi connectivity index (χ0v) is 11.9. The maximum atomic E-state index is 11.4. The largest absolute Gasteiger partial charge is 0.494 e. The minimum absolute atomic E-state index is 0.0776. The normalized spacial score (nSPS) is 23.2. The van der Waals surface area contributed by atoms with Crippen LogP contribution in [0.5, 0.6) is 5.75 Å². The molecule has 0 bridgehead atoms. The third-order valence-electron chi connectivity index (χ3n) is 3.39. The molecule has 0 radical (unpaired) electrons. The van der Waals surface area contributed by atoms with Gasteiger partial charge in [-0.15, -0.1) is 0 Å². The van der Waals surface area contributed by atoms with Gasteiger partial charge in [-0.05, 0) is 30.5 Å². The Morgan fingerprint density at radius 1 is 1.47 bits per heavy atom. The first-order valence-electron chi connectivity index (χ1n) is 6.63. The van der Waals surface area contributed by atoms with Gasteiger partial charge in [0, 0.05) is 5.92 Å². The van der Waals surface area contributed by atoms with E-state index in [2.05, 4.69) is 0 Å². The van der Waals surface area contributed by atoms with Gasteiger partial charge in [0.25, 0.3) is 0 Å². The van der Waals surface area contributed by atoms with Crippen molar-refractivity contribution in [1.29, 1.82) is 0 Å². The molecule has 0 saturated carbocycles. The van der Waals surface area contributed by atoms with Crippen molar-refractivity contribution in [2.75, 3.05) is 18.1 Å². The fourth-order valence-electron chi connectivity index (χ4n) is 2.35. The molecular weight excluding hydrogens is 264 g/mol. The summed E-state index contributed by atoms with van der Waals surface area (Å²) >= 11 is 0. The summed E-state index contributed by atoms with van der Waals surface area (Å²) in [4.78, 5) is 0. The first-order chi connectivity index (χ1) is 9.02. The molecule has 1 fully saturated rings. The average molecular weight is 284 g/mol. The van der Waals surface area contributed by atoms with Crippen LogP contribution in [-0.2, 0) is 9.84 Å². The Balaban J connectivity index is 2.08. The van der Waals surface area contributed by atoms with Crippen LogP contribution in [0.2, 0.25) is 0 Å². The van der Waals surface area contributed by atoms with Crippen molar-refractivity contribution in [3.8, 4) is 5.75 Å². The van der Waals surface area contributed by atoms with Crippen LogP contribution in [0.15, 0.2) is 24.3 Å². The summed E-state index contributed by atoms with van der Waals surface area (Å²) in [7, 11) is -2.96. The smallest absolute Gasteiger partial charge is 0.150 e. The molecule has 1 aliphatic rings. The number of hydrogen-bond donors (Lipinski definition) is 1. The fourth-order valence-corrected chi connectivity index (χ4v) is 4.18. The second-order valence-electron chi connectivity index (χ2n) is 5.03. The molecule has 1 aliphatic heterocycles. The van der Waals surface area contributed by atoms with E-state index in [1.807, 2.05) is 25.1 Å². The van der Waals surface area contributed by atoms with E-state index in [0.29, 0.717) is 13.0 Å². The standard InChI is InChI=1S/C14H20O4S/c1-2-7-18-13-5-3-4-11(9-13)14(15)12-6-8-19(16,17)10-12/h3-5,9,12,14-15H,2,6-8,10H2,1H3. The average Bonchev–Trinajstić information content (AvgIpc) is 2.76. The number of benzene rings is 1. The molecule has 19 heavy (non-hydrogen) atoms. The molecule has 4 nitrogen and oxygen atoms in total. The molecule has 0 amide bonds. The maximum Gasteiger partial charge on any atom is 0.150 e. The zero-order chi connectivity index (χ0) is 13.9. The van der Waals surface area contributed by atoms with Gasteiger partial charge in [0.1, 0.15) is 5.75 Å². The number of rotatable bonds is 5. The van der Waals surface area contributed by atoms with Gasteiger partial charge in [0.2, 0.25) is 0 Å². The Hall–Kier alpha value is -1.07. The van der Waals surface area contributed by atoms with Crippen molar-refractivity contribution in [1.82, 2.24) is 0 Å². The lowest BCUT2D eigenvalue weighted by Gasteiger charge is -2.17. The third kappa shape index (κ3) is 3.70. The Bertz CT molecular complexity index is 524. The van der Waals surface area contributed by atoms with E-state index in [9.17, 15) is 13.5 Å². The predicted molar refractivity (Wildman–Crippen MR) is 73.9 cm³/mol. The van der Waals surface area contributed by atoms with Gasteiger partial charge in [-0.2, -0.15) is 0 Å². The van der Waals surface area contributed by atoms with E-state index in [4.69, 9.17) is 4.74 Å². The summed E-state index contributed by atoms with van der Waals surface area (Å²) in [5.41, 5.74) is 0.732. The first kappa shape index (κ1) is 14.3. The van der Waals surface area contributed by atoms with E-state index in [-0.39, 0.29) is 17.4 Å². The first-order valence-corrected chi connectivity index (χ1v) is 8.45. The van der Waals surface area contributed by atoms with E-state index in [1.165, 1.54) is 0 Å². The van der Waals surface area contributed by atoms with Crippen molar-refractivity contribution in [2.24, 2.45) is 5.92 Å². The number of ether oxygens (including phenoxy) is 1. The number of aliphatic hydroxyl groups excluding tert-OH is 1. The van der Waals surface area contributed by atoms with Gasteiger partial charge < -0.3 is 9.84 Å². The quantitative estimate of drug-likeness (QED) is 0.897. The van der Waals surface area contributed by atoms with Crippen molar-refractivity contribution >= 4 is 9.84 Å². The molecule has 2 unspecified atom stereocenters. The van der Waals surface area contributed by atoms with Crippen molar-refractivity contribution < 1.29 is 18.3 Å². The van der Waals surface area contributed by atoms with Gasteiger partial charge in [-0.3, -0.25) is 0 Å². The molecule has 0 spiro atoms. The van der Waals surface area contributed by atoms with Crippen LogP contribution in [0, 0.1) is 5.92 Å². The van der Waals surface area contributed by atoms with E-state index < -0.39 is 15.9 Å². The molecule has 2 rings (SSSR count). The number of aliphatic hydroxyl groups is 1. The molecule has 106 valence electrons. The lowest BCUT2D eigenvalue weighted by Crippen LogP contribution is -2.14. The van der Waals surface area contributed by atoms with Crippen LogP contribution < -0.4 is 4.74 Å². The SMILES string of the molecule is CCCOc1cccc(C(O)C2CCS(=O)(=O)C2)c1. The molecule has 5 heteroatoms. The highest BCUT2D eigenvalue weighted by Crippen LogP contribution is 2.32. The van der Waals surface area contributed by atoms with Crippen LogP contribution in [0.1, 0.15) is 31.4 Å². The van der Waals surface area contributed by atoms with Crippen LogP contribution in [0.25, 0.3) is 0 Å². The third-order valence-corrected chi connectivity index (χ3v) is 5.18. The fraction of sp³-hybridized carbons (Fsp3) is 0.571. The highest BCUT2D eigenvalue weighted by molar-refractivity contribution is 7.91. The van der Waals surface area contributed by atoms with Crippen molar-refractivity contribution in [3.63, 3.8) is 0 Å². The maximum absolute atomic E-state index is 11.4. The van der Waals surface area contributed by atoms with Crippen LogP contribution >= 0.6 is 0 Å². The Morgan fingerprint density at radius 3 is 2.89 bits per heavy atom. The van der Waals surface area contributed by atoms with Crippen molar-refractivity contribution in [2.45, 2.75) is 25.9 Å². The monoisotopic (exact) mass is 284 g/mol. The lowest BCUT2D eigenvalue weighted by atomic mass is 9.95. The summed E-state index contributed by atoms with van der Waals surface area (Å²) in [6.45, 7) is 2.67. The minimum atomic E-state index is -2.96. The van der Waals surface area contributed by atoms with Crippen LogP contribution in [-0.4, -0.2) is 31.6 Å². The molecule has 1 heterocycles. The van der Waals surface area contributed by atoms with Gasteiger partial charge >= 0.3 is 0 Å². The summed E-state index contributed by atoms with van der Waals surface area (Å²) in [6.07, 6.45) is 0.722. The Kier molecular flexibility index (Phi) is 4.47. The van der Waals surface area contributed by atoms with E-state index in [0.717, 1.165) is 17.7 Å². The molecule has 0 aliphatic carbocycles. The highest BCUT2D eigenvalue weighted by Gasteiger charge is 2.33. The minimum Gasteiger partial charge on any atom is -0.494 e. The zero-order valence-electron chi connectivity index (χ0n) is 11.1. The second-order valence-corrected chi connectivity index (χ2v) is 7.26. The summed E-state index contributed by atoms with van der Waals surface area (Å²) in [5.74, 6) is 0.778. The highest BCUT2D eigenvalue weighted by atomic mass is 32.2. The molecule has 1 N–H and O–H groups in total. The number of sulfone groups is 1. The topological polar surface area (TPSA) is 63.6 Å². The molecule has 1 saturated heterocycles. The molecule has 1 aromatic carbocycles. The summed E-state index contributed by atoms with van der Waals surface area (Å²) < 4.78 is 28.4. The summed E-state index contributed by atoms with van der Waals surface area (Å²) in [6, 6.07) is 7.28. The molecular formula is C14H20O4S.